The lowest BCUT2D eigenvalue weighted by molar-refractivity contribution is 0.0938. The van der Waals surface area contributed by atoms with Gasteiger partial charge in [0.2, 0.25) is 0 Å². The van der Waals surface area contributed by atoms with Crippen molar-refractivity contribution in [3.05, 3.63) is 31.8 Å². The van der Waals surface area contributed by atoms with E-state index in [1.165, 1.54) is 0 Å². The van der Waals surface area contributed by atoms with Gasteiger partial charge in [-0.1, -0.05) is 0 Å². The minimum atomic E-state index is -0.815. The Hall–Kier alpha value is 0.0500. The van der Waals surface area contributed by atoms with Gasteiger partial charge in [-0.3, -0.25) is 9.00 Å². The minimum absolute atomic E-state index is 0.0196. The highest BCUT2D eigenvalue weighted by atomic mass is 127. The molecule has 0 spiro atoms. The molecule has 0 aromatic heterocycles. The fourth-order valence-electron chi connectivity index (χ4n) is 1.39. The topological polar surface area (TPSA) is 46.2 Å². The van der Waals surface area contributed by atoms with Crippen LogP contribution in [0.5, 0.6) is 0 Å². The molecule has 0 fully saturated rings. The van der Waals surface area contributed by atoms with E-state index >= 15 is 0 Å². The molecule has 0 saturated carbocycles. The molecule has 2 atom stereocenters. The van der Waals surface area contributed by atoms with E-state index in [-0.39, 0.29) is 11.9 Å². The number of carbonyl (C=O) groups is 1. The Labute approximate surface area is 132 Å². The van der Waals surface area contributed by atoms with Crippen molar-refractivity contribution in [2.75, 3.05) is 12.0 Å². The van der Waals surface area contributed by atoms with Crippen molar-refractivity contribution in [1.82, 2.24) is 5.32 Å². The third kappa shape index (κ3) is 5.36. The molecule has 6 heteroatoms. The predicted molar refractivity (Wildman–Crippen MR) is 87.3 cm³/mol. The fraction of sp³-hybridized carbons (Fsp3) is 0.417. The second-order valence-corrected chi connectivity index (χ2v) is 7.72. The molecule has 1 N–H and O–H groups in total. The zero-order valence-corrected chi connectivity index (χ0v) is 14.8. The molecule has 0 aliphatic carbocycles. The van der Waals surface area contributed by atoms with E-state index in [0.717, 1.165) is 14.5 Å². The summed E-state index contributed by atoms with van der Waals surface area (Å²) in [5.41, 5.74) is 0.631. The molecular formula is C12H15BrINO2S. The van der Waals surface area contributed by atoms with Gasteiger partial charge in [-0.2, -0.15) is 0 Å². The van der Waals surface area contributed by atoms with Gasteiger partial charge in [0.25, 0.3) is 5.91 Å². The van der Waals surface area contributed by atoms with Crippen LogP contribution in [0, 0.1) is 3.57 Å². The molecule has 3 nitrogen and oxygen atoms in total. The summed E-state index contributed by atoms with van der Waals surface area (Å²) >= 11 is 5.54. The molecule has 18 heavy (non-hydrogen) atoms. The largest absolute Gasteiger partial charge is 0.350 e. The molecule has 1 rings (SSSR count). The first-order valence-corrected chi connectivity index (χ1v) is 9.06. The molecule has 1 amide bonds. The third-order valence-corrected chi connectivity index (χ3v) is 4.56. The third-order valence-electron chi connectivity index (χ3n) is 2.39. The van der Waals surface area contributed by atoms with Gasteiger partial charge in [-0.15, -0.1) is 0 Å². The Morgan fingerprint density at radius 1 is 1.56 bits per heavy atom. The quantitative estimate of drug-likeness (QED) is 0.711. The fourth-order valence-corrected chi connectivity index (χ4v) is 2.99. The number of halogens is 2. The molecule has 2 unspecified atom stereocenters. The number of nitrogens with one attached hydrogen (secondary N) is 1. The maximum Gasteiger partial charge on any atom is 0.252 e. The van der Waals surface area contributed by atoms with Crippen molar-refractivity contribution >= 4 is 55.2 Å². The highest BCUT2D eigenvalue weighted by molar-refractivity contribution is 14.1. The number of hydrogen-bond donors (Lipinski definition) is 1. The van der Waals surface area contributed by atoms with E-state index in [1.807, 2.05) is 25.1 Å². The van der Waals surface area contributed by atoms with Gasteiger partial charge >= 0.3 is 0 Å². The van der Waals surface area contributed by atoms with Crippen LogP contribution in [0.25, 0.3) is 0 Å². The number of hydrogen-bond acceptors (Lipinski definition) is 2. The molecule has 1 aromatic carbocycles. The van der Waals surface area contributed by atoms with Gasteiger partial charge in [-0.05, 0) is 70.1 Å². The van der Waals surface area contributed by atoms with E-state index in [1.54, 1.807) is 6.26 Å². The van der Waals surface area contributed by atoms with Crippen LogP contribution in [0.3, 0.4) is 0 Å². The molecule has 0 heterocycles. The summed E-state index contributed by atoms with van der Waals surface area (Å²) in [7, 11) is -0.815. The Morgan fingerprint density at radius 3 is 2.83 bits per heavy atom. The van der Waals surface area contributed by atoms with E-state index in [0.29, 0.717) is 11.3 Å². The minimum Gasteiger partial charge on any atom is -0.350 e. The van der Waals surface area contributed by atoms with Crippen LogP contribution >= 0.6 is 38.5 Å². The van der Waals surface area contributed by atoms with Gasteiger partial charge in [-0.25, -0.2) is 0 Å². The maximum atomic E-state index is 12.1. The molecule has 0 aliphatic rings. The zero-order valence-electron chi connectivity index (χ0n) is 10.2. The zero-order chi connectivity index (χ0) is 13.7. The van der Waals surface area contributed by atoms with Crippen molar-refractivity contribution in [1.29, 1.82) is 0 Å². The average molecular weight is 444 g/mol. The summed E-state index contributed by atoms with van der Waals surface area (Å²) in [5.74, 6) is 0.504. The summed E-state index contributed by atoms with van der Waals surface area (Å²) in [6.07, 6.45) is 2.39. The predicted octanol–water partition coefficient (Wildman–Crippen LogP) is 2.94. The van der Waals surface area contributed by atoms with Crippen molar-refractivity contribution in [2.24, 2.45) is 0 Å². The van der Waals surface area contributed by atoms with Crippen LogP contribution < -0.4 is 5.32 Å². The van der Waals surface area contributed by atoms with Crippen LogP contribution in [-0.4, -0.2) is 28.2 Å². The second kappa shape index (κ2) is 7.59. The smallest absolute Gasteiger partial charge is 0.252 e. The van der Waals surface area contributed by atoms with Crippen LogP contribution in [0.2, 0.25) is 0 Å². The van der Waals surface area contributed by atoms with Gasteiger partial charge < -0.3 is 5.32 Å². The average Bonchev–Trinajstić information content (AvgIpc) is 2.29. The van der Waals surface area contributed by atoms with Crippen molar-refractivity contribution in [3.63, 3.8) is 0 Å². The molecule has 0 bridgehead atoms. The van der Waals surface area contributed by atoms with Crippen LogP contribution in [0.4, 0.5) is 0 Å². The lowest BCUT2D eigenvalue weighted by Crippen LogP contribution is -2.33. The first-order chi connectivity index (χ1) is 8.40. The molecule has 0 aliphatic heterocycles. The lowest BCUT2D eigenvalue weighted by atomic mass is 10.2. The summed E-state index contributed by atoms with van der Waals surface area (Å²) in [6, 6.07) is 5.66. The van der Waals surface area contributed by atoms with Crippen LogP contribution in [0.1, 0.15) is 23.7 Å². The Balaban J connectivity index is 2.64. The molecule has 0 saturated heterocycles. The first-order valence-electron chi connectivity index (χ1n) is 5.46. The van der Waals surface area contributed by atoms with Gasteiger partial charge in [0.05, 0.1) is 5.56 Å². The van der Waals surface area contributed by atoms with E-state index in [9.17, 15) is 9.00 Å². The van der Waals surface area contributed by atoms with Gasteiger partial charge in [0.15, 0.2) is 0 Å². The Bertz CT molecular complexity index is 467. The molecule has 1 aromatic rings. The van der Waals surface area contributed by atoms with Crippen molar-refractivity contribution in [3.8, 4) is 0 Å². The summed E-state index contributed by atoms with van der Waals surface area (Å²) in [5, 5.41) is 2.91. The molecule has 0 radical (unpaired) electrons. The first kappa shape index (κ1) is 16.1. The van der Waals surface area contributed by atoms with Gasteiger partial charge in [0, 0.05) is 36.9 Å². The van der Waals surface area contributed by atoms with Crippen molar-refractivity contribution in [2.45, 2.75) is 19.4 Å². The van der Waals surface area contributed by atoms with Crippen LogP contribution in [0.15, 0.2) is 22.7 Å². The number of amides is 1. The molecule has 100 valence electrons. The summed E-state index contributed by atoms with van der Waals surface area (Å²) in [6.45, 7) is 1.92. The molecular weight excluding hydrogens is 429 g/mol. The van der Waals surface area contributed by atoms with Crippen LogP contribution in [-0.2, 0) is 10.8 Å². The number of benzene rings is 1. The highest BCUT2D eigenvalue weighted by Gasteiger charge is 2.13. The van der Waals surface area contributed by atoms with E-state index in [2.05, 4.69) is 43.8 Å². The second-order valence-electron chi connectivity index (χ2n) is 4.06. The Morgan fingerprint density at radius 2 is 2.22 bits per heavy atom. The summed E-state index contributed by atoms with van der Waals surface area (Å²) in [4.78, 5) is 12.1. The summed E-state index contributed by atoms with van der Waals surface area (Å²) < 4.78 is 12.8. The monoisotopic (exact) mass is 443 g/mol. The van der Waals surface area contributed by atoms with Gasteiger partial charge in [0.1, 0.15) is 0 Å². The number of rotatable bonds is 5. The maximum absolute atomic E-state index is 12.1. The lowest BCUT2D eigenvalue weighted by Gasteiger charge is -2.14. The van der Waals surface area contributed by atoms with E-state index < -0.39 is 10.8 Å². The normalized spacial score (nSPS) is 14.0. The van der Waals surface area contributed by atoms with E-state index in [4.69, 9.17) is 0 Å². The SMILES string of the molecule is CC(CCS(C)=O)NC(=O)c1cc(I)ccc1Br. The number of carbonyl (C=O) groups excluding carboxylic acids is 1. The standard InChI is InChI=1S/C12H15BrINO2S/c1-8(5-6-18(2)17)15-12(16)10-7-9(14)3-4-11(10)13/h3-4,7-8H,5-6H2,1-2H3,(H,15,16). The highest BCUT2D eigenvalue weighted by Crippen LogP contribution is 2.19. The van der Waals surface area contributed by atoms with Crippen molar-refractivity contribution < 1.29 is 9.00 Å². The Kier molecular flexibility index (Phi) is 6.79.